The fourth-order valence-corrected chi connectivity index (χ4v) is 2.87. The maximum Gasteiger partial charge on any atom is 0.326 e. The molecule has 0 amide bonds. The summed E-state index contributed by atoms with van der Waals surface area (Å²) in [6, 6.07) is 0. The lowest BCUT2D eigenvalue weighted by atomic mass is 9.69. The van der Waals surface area contributed by atoms with Crippen molar-refractivity contribution in [1.29, 1.82) is 0 Å². The van der Waals surface area contributed by atoms with E-state index in [0.29, 0.717) is 25.6 Å². The summed E-state index contributed by atoms with van der Waals surface area (Å²) in [5.41, 5.74) is 7.67. The second kappa shape index (κ2) is 7.36. The van der Waals surface area contributed by atoms with Crippen molar-refractivity contribution in [3.63, 3.8) is 0 Å². The molecule has 0 bridgehead atoms. The molecule has 0 aromatic carbocycles. The van der Waals surface area contributed by atoms with E-state index in [1.807, 2.05) is 6.92 Å². The van der Waals surface area contributed by atoms with Gasteiger partial charge in [-0.2, -0.15) is 0 Å². The summed E-state index contributed by atoms with van der Waals surface area (Å²) >= 11 is 0. The molecule has 1 fully saturated rings. The third kappa shape index (κ3) is 3.85. The van der Waals surface area contributed by atoms with Gasteiger partial charge >= 0.3 is 5.97 Å². The highest BCUT2D eigenvalue weighted by molar-refractivity contribution is 5.81. The summed E-state index contributed by atoms with van der Waals surface area (Å²) in [7, 11) is 0. The number of esters is 1. The normalized spacial score (nSPS) is 30.5. The average Bonchev–Trinajstić information content (AvgIpc) is 2.39. The van der Waals surface area contributed by atoms with Crippen LogP contribution in [0, 0.1) is 11.8 Å². The van der Waals surface area contributed by atoms with E-state index < -0.39 is 5.54 Å². The molecular weight excluding hydrogens is 244 g/mol. The zero-order valence-electron chi connectivity index (χ0n) is 12.1. The highest BCUT2D eigenvalue weighted by Crippen LogP contribution is 2.37. The molecule has 108 valence electrons. The molecule has 1 saturated carbocycles. The first-order chi connectivity index (χ1) is 9.06. The van der Waals surface area contributed by atoms with Gasteiger partial charge in [0, 0.05) is 18.0 Å². The number of azide groups is 1. The molecule has 1 aliphatic rings. The summed E-state index contributed by atoms with van der Waals surface area (Å²) in [4.78, 5) is 15.1. The van der Waals surface area contributed by atoms with Crippen LogP contribution in [0.3, 0.4) is 0 Å². The average molecular weight is 268 g/mol. The molecule has 0 saturated heterocycles. The summed E-state index contributed by atoms with van der Waals surface area (Å²) in [6.07, 6.45) is 2.93. The van der Waals surface area contributed by atoms with Crippen molar-refractivity contribution in [1.82, 2.24) is 5.32 Å². The molecule has 0 aliphatic heterocycles. The molecule has 3 unspecified atom stereocenters. The van der Waals surface area contributed by atoms with Gasteiger partial charge < -0.3 is 10.1 Å². The van der Waals surface area contributed by atoms with Gasteiger partial charge in [-0.15, -0.1) is 0 Å². The van der Waals surface area contributed by atoms with Crippen molar-refractivity contribution in [3.05, 3.63) is 10.4 Å². The molecule has 1 aliphatic carbocycles. The molecule has 0 aromatic heterocycles. The molecule has 1 rings (SSSR count). The number of hydrogen-bond donors (Lipinski definition) is 1. The SMILES string of the molecule is CCOC(=O)C1(NCCN=[N+]=[N-])CC(C)CCC1C. The van der Waals surface area contributed by atoms with Crippen molar-refractivity contribution in [2.75, 3.05) is 19.7 Å². The van der Waals surface area contributed by atoms with E-state index in [-0.39, 0.29) is 11.9 Å². The van der Waals surface area contributed by atoms with Crippen LogP contribution in [0.15, 0.2) is 5.11 Å². The Bertz CT molecular complexity index is 355. The van der Waals surface area contributed by atoms with Crippen LogP contribution in [0.4, 0.5) is 0 Å². The van der Waals surface area contributed by atoms with Gasteiger partial charge in [-0.1, -0.05) is 25.4 Å². The van der Waals surface area contributed by atoms with Gasteiger partial charge in [-0.25, -0.2) is 0 Å². The Morgan fingerprint density at radius 3 is 2.89 bits per heavy atom. The second-order valence-corrected chi connectivity index (χ2v) is 5.36. The minimum atomic E-state index is -0.626. The highest BCUT2D eigenvalue weighted by atomic mass is 16.5. The van der Waals surface area contributed by atoms with E-state index in [4.69, 9.17) is 10.3 Å². The van der Waals surface area contributed by atoms with Gasteiger partial charge in [-0.05, 0) is 37.1 Å². The smallest absolute Gasteiger partial charge is 0.326 e. The number of carbonyl (C=O) groups excluding carboxylic acids is 1. The Morgan fingerprint density at radius 1 is 1.53 bits per heavy atom. The minimum absolute atomic E-state index is 0.171. The van der Waals surface area contributed by atoms with Gasteiger partial charge in [0.05, 0.1) is 6.61 Å². The topological polar surface area (TPSA) is 87.1 Å². The van der Waals surface area contributed by atoms with E-state index >= 15 is 0 Å². The van der Waals surface area contributed by atoms with Crippen LogP contribution in [-0.2, 0) is 9.53 Å². The first-order valence-corrected chi connectivity index (χ1v) is 7.00. The maximum absolute atomic E-state index is 12.4. The van der Waals surface area contributed by atoms with Crippen LogP contribution in [0.1, 0.15) is 40.0 Å². The fraction of sp³-hybridized carbons (Fsp3) is 0.923. The van der Waals surface area contributed by atoms with Gasteiger partial charge in [-0.3, -0.25) is 4.79 Å². The maximum atomic E-state index is 12.4. The summed E-state index contributed by atoms with van der Waals surface area (Å²) in [5.74, 6) is 0.552. The quantitative estimate of drug-likeness (QED) is 0.264. The van der Waals surface area contributed by atoms with Crippen molar-refractivity contribution in [2.45, 2.75) is 45.6 Å². The third-order valence-electron chi connectivity index (χ3n) is 3.96. The number of carbonyl (C=O) groups is 1. The number of ether oxygens (including phenoxy) is 1. The van der Waals surface area contributed by atoms with Gasteiger partial charge in [0.1, 0.15) is 5.54 Å². The zero-order valence-corrected chi connectivity index (χ0v) is 12.1. The number of rotatable bonds is 6. The molecule has 19 heavy (non-hydrogen) atoms. The first-order valence-electron chi connectivity index (χ1n) is 7.00. The number of nitrogens with one attached hydrogen (secondary N) is 1. The van der Waals surface area contributed by atoms with E-state index in [9.17, 15) is 4.79 Å². The van der Waals surface area contributed by atoms with Crippen LogP contribution < -0.4 is 5.32 Å². The first kappa shape index (κ1) is 15.8. The predicted molar refractivity (Wildman–Crippen MR) is 73.6 cm³/mol. The standard InChI is InChI=1S/C13H24N4O2/c1-4-19-12(18)13(15-7-8-16-17-14)9-10(2)5-6-11(13)3/h10-11,15H,4-9H2,1-3H3. The van der Waals surface area contributed by atoms with Crippen molar-refractivity contribution in [3.8, 4) is 0 Å². The Balaban J connectivity index is 2.81. The molecule has 0 aromatic rings. The predicted octanol–water partition coefficient (Wildman–Crippen LogP) is 2.64. The molecule has 3 atom stereocenters. The van der Waals surface area contributed by atoms with Crippen molar-refractivity contribution >= 4 is 5.97 Å². The lowest BCUT2D eigenvalue weighted by molar-refractivity contribution is -0.156. The molecule has 6 heteroatoms. The van der Waals surface area contributed by atoms with Crippen LogP contribution >= 0.6 is 0 Å². The van der Waals surface area contributed by atoms with Gasteiger partial charge in [0.2, 0.25) is 0 Å². The Hall–Kier alpha value is -1.26. The largest absolute Gasteiger partial charge is 0.465 e. The lowest BCUT2D eigenvalue weighted by Crippen LogP contribution is -2.60. The Morgan fingerprint density at radius 2 is 2.26 bits per heavy atom. The van der Waals surface area contributed by atoms with E-state index in [2.05, 4.69) is 29.2 Å². The second-order valence-electron chi connectivity index (χ2n) is 5.36. The Labute approximate surface area is 114 Å². The van der Waals surface area contributed by atoms with Gasteiger partial charge in [0.25, 0.3) is 0 Å². The zero-order chi connectivity index (χ0) is 14.3. The molecule has 1 N–H and O–H groups in total. The van der Waals surface area contributed by atoms with Crippen LogP contribution in [0.5, 0.6) is 0 Å². The van der Waals surface area contributed by atoms with Crippen molar-refractivity contribution in [2.24, 2.45) is 17.0 Å². The monoisotopic (exact) mass is 268 g/mol. The lowest BCUT2D eigenvalue weighted by Gasteiger charge is -2.43. The molecule has 0 spiro atoms. The van der Waals surface area contributed by atoms with E-state index in [1.54, 1.807) is 0 Å². The summed E-state index contributed by atoms with van der Waals surface area (Å²) in [6.45, 7) is 7.30. The van der Waals surface area contributed by atoms with Crippen LogP contribution in [0.2, 0.25) is 0 Å². The molecular formula is C13H24N4O2. The van der Waals surface area contributed by atoms with Crippen LogP contribution in [0.25, 0.3) is 10.4 Å². The fourth-order valence-electron chi connectivity index (χ4n) is 2.87. The van der Waals surface area contributed by atoms with Gasteiger partial charge in [0.15, 0.2) is 0 Å². The number of hydrogen-bond acceptors (Lipinski definition) is 4. The molecule has 6 nitrogen and oxygen atoms in total. The minimum Gasteiger partial charge on any atom is -0.465 e. The van der Waals surface area contributed by atoms with E-state index in [0.717, 1.165) is 19.3 Å². The summed E-state index contributed by atoms with van der Waals surface area (Å²) in [5, 5.41) is 6.80. The van der Waals surface area contributed by atoms with Crippen LogP contribution in [-0.4, -0.2) is 31.2 Å². The highest BCUT2D eigenvalue weighted by Gasteiger charge is 2.47. The third-order valence-corrected chi connectivity index (χ3v) is 3.96. The summed E-state index contributed by atoms with van der Waals surface area (Å²) < 4.78 is 5.26. The van der Waals surface area contributed by atoms with E-state index in [1.165, 1.54) is 0 Å². The Kier molecular flexibility index (Phi) is 6.12. The van der Waals surface area contributed by atoms with Crippen molar-refractivity contribution < 1.29 is 9.53 Å². The molecule has 0 radical (unpaired) electrons. The molecule has 0 heterocycles. The number of nitrogens with zero attached hydrogens (tertiary/aromatic N) is 3.